The van der Waals surface area contributed by atoms with Crippen LogP contribution in [-0.4, -0.2) is 40.3 Å². The van der Waals surface area contributed by atoms with E-state index in [9.17, 15) is 5.11 Å². The zero-order valence-electron chi connectivity index (χ0n) is 20.5. The van der Waals surface area contributed by atoms with Gasteiger partial charge in [-0.15, -0.1) is 0 Å². The van der Waals surface area contributed by atoms with Crippen LogP contribution >= 0.6 is 0 Å². The molecule has 4 aliphatic rings. The molecule has 0 unspecified atom stereocenters. The van der Waals surface area contributed by atoms with E-state index in [0.29, 0.717) is 11.8 Å². The summed E-state index contributed by atoms with van der Waals surface area (Å²) in [7, 11) is 0. The Morgan fingerprint density at radius 2 is 1.60 bits per heavy atom. The zero-order chi connectivity index (χ0) is 23.7. The number of para-hydroxylation sites is 1. The summed E-state index contributed by atoms with van der Waals surface area (Å²) in [5, 5.41) is 12.2. The molecule has 0 radical (unpaired) electrons. The second-order valence-corrected chi connectivity index (χ2v) is 11.0. The fourth-order valence-electron chi connectivity index (χ4n) is 6.88. The topological polar surface area (TPSA) is 55.5 Å². The molecule has 1 saturated carbocycles. The molecular formula is C30H37N2O3+. The number of nitrogens with zero attached hydrogens (tertiary/aromatic N) is 2. The molecule has 5 heteroatoms. The smallest absolute Gasteiger partial charge is 0.231 e. The first kappa shape index (κ1) is 22.8. The minimum atomic E-state index is -1.17. The third kappa shape index (κ3) is 4.41. The molecule has 2 aromatic carbocycles. The van der Waals surface area contributed by atoms with Crippen molar-refractivity contribution in [2.24, 2.45) is 11.8 Å². The Bertz CT molecular complexity index is 1100. The Morgan fingerprint density at radius 3 is 2.31 bits per heavy atom. The molecule has 2 bridgehead atoms. The molecule has 4 fully saturated rings. The maximum atomic E-state index is 12.2. The molecule has 1 aromatic heterocycles. The van der Waals surface area contributed by atoms with Crippen molar-refractivity contribution in [2.45, 2.75) is 63.2 Å². The first-order valence-corrected chi connectivity index (χ1v) is 13.4. The zero-order valence-corrected chi connectivity index (χ0v) is 20.5. The number of benzene rings is 2. The van der Waals surface area contributed by atoms with E-state index in [1.165, 1.54) is 19.3 Å². The van der Waals surface area contributed by atoms with E-state index in [0.717, 1.165) is 73.4 Å². The van der Waals surface area contributed by atoms with Gasteiger partial charge in [-0.05, 0) is 30.5 Å². The van der Waals surface area contributed by atoms with Crippen LogP contribution in [0.5, 0.6) is 5.75 Å². The fourth-order valence-corrected chi connectivity index (χ4v) is 6.88. The van der Waals surface area contributed by atoms with Gasteiger partial charge >= 0.3 is 0 Å². The van der Waals surface area contributed by atoms with Crippen molar-refractivity contribution in [1.82, 2.24) is 4.98 Å². The highest BCUT2D eigenvalue weighted by Gasteiger charge is 2.49. The molecule has 3 aromatic rings. The molecule has 3 aliphatic heterocycles. The maximum Gasteiger partial charge on any atom is 0.231 e. The third-order valence-corrected chi connectivity index (χ3v) is 8.85. The summed E-state index contributed by atoms with van der Waals surface area (Å²) >= 11 is 0. The van der Waals surface area contributed by atoms with E-state index in [2.05, 4.69) is 12.1 Å². The Morgan fingerprint density at radius 1 is 0.914 bits per heavy atom. The summed E-state index contributed by atoms with van der Waals surface area (Å²) in [5.41, 5.74) is -0.282. The van der Waals surface area contributed by atoms with Crippen LogP contribution in [0.4, 0.5) is 0 Å². The Balaban J connectivity index is 1.24. The van der Waals surface area contributed by atoms with E-state index in [1.54, 1.807) is 0 Å². The molecule has 184 valence electrons. The summed E-state index contributed by atoms with van der Waals surface area (Å²) in [5.74, 6) is 3.07. The van der Waals surface area contributed by atoms with Crippen molar-refractivity contribution >= 4 is 0 Å². The summed E-state index contributed by atoms with van der Waals surface area (Å²) in [6.45, 7) is 4.12. The van der Waals surface area contributed by atoms with Crippen molar-refractivity contribution in [3.63, 3.8) is 0 Å². The largest absolute Gasteiger partial charge is 0.484 e. The Labute approximate surface area is 208 Å². The van der Waals surface area contributed by atoms with Crippen molar-refractivity contribution < 1.29 is 18.7 Å². The SMILES string of the molecule is O[C@](c1ccccc1)(c1ncc(C[N+]23CCC(CC2)[C@H](Oc2ccccc2)C3)o1)C1CCCCC1. The number of ether oxygens (including phenoxy) is 1. The highest BCUT2D eigenvalue weighted by Crippen LogP contribution is 2.44. The van der Waals surface area contributed by atoms with Gasteiger partial charge in [0.2, 0.25) is 5.89 Å². The number of aromatic nitrogens is 1. The van der Waals surface area contributed by atoms with E-state index in [1.807, 2.05) is 54.7 Å². The van der Waals surface area contributed by atoms with E-state index < -0.39 is 5.60 Å². The second kappa shape index (κ2) is 9.44. The van der Waals surface area contributed by atoms with Gasteiger partial charge in [-0.25, -0.2) is 4.98 Å². The van der Waals surface area contributed by atoms with Crippen LogP contribution in [0.25, 0.3) is 0 Å². The molecule has 2 atom stereocenters. The Kier molecular flexibility index (Phi) is 6.15. The summed E-state index contributed by atoms with van der Waals surface area (Å²) < 4.78 is 13.9. The van der Waals surface area contributed by atoms with Gasteiger partial charge in [-0.1, -0.05) is 67.8 Å². The number of fused-ring (bicyclic) bond motifs is 3. The number of piperidine rings is 3. The quantitative estimate of drug-likeness (QED) is 0.449. The molecule has 1 aliphatic carbocycles. The van der Waals surface area contributed by atoms with E-state index >= 15 is 0 Å². The molecule has 0 spiro atoms. The fraction of sp³-hybridized carbons (Fsp3) is 0.500. The van der Waals surface area contributed by atoms with Gasteiger partial charge in [-0.2, -0.15) is 0 Å². The van der Waals surface area contributed by atoms with Crippen molar-refractivity contribution in [1.29, 1.82) is 0 Å². The normalized spacial score (nSPS) is 28.5. The average Bonchev–Trinajstić information content (AvgIpc) is 3.39. The van der Waals surface area contributed by atoms with Gasteiger partial charge in [0.15, 0.2) is 17.5 Å². The summed E-state index contributed by atoms with van der Waals surface area (Å²) in [6, 6.07) is 20.2. The van der Waals surface area contributed by atoms with E-state index in [-0.39, 0.29) is 12.0 Å². The molecule has 0 amide bonds. The lowest BCUT2D eigenvalue weighted by Crippen LogP contribution is -2.64. The third-order valence-electron chi connectivity index (χ3n) is 8.85. The van der Waals surface area contributed by atoms with Crippen molar-refractivity contribution in [3.8, 4) is 5.75 Å². The summed E-state index contributed by atoms with van der Waals surface area (Å²) in [6.07, 6.45) is 10.0. The molecule has 7 rings (SSSR count). The van der Waals surface area contributed by atoms with Crippen molar-refractivity contribution in [2.75, 3.05) is 19.6 Å². The number of aliphatic hydroxyl groups is 1. The number of oxazole rings is 1. The lowest BCUT2D eigenvalue weighted by Gasteiger charge is -2.51. The minimum Gasteiger partial charge on any atom is -0.484 e. The first-order valence-electron chi connectivity index (χ1n) is 13.4. The molecular weight excluding hydrogens is 436 g/mol. The number of quaternary nitrogens is 1. The van der Waals surface area contributed by atoms with Crippen LogP contribution in [0.1, 0.15) is 62.2 Å². The van der Waals surface area contributed by atoms with Gasteiger partial charge in [0.25, 0.3) is 0 Å². The molecule has 35 heavy (non-hydrogen) atoms. The predicted octanol–water partition coefficient (Wildman–Crippen LogP) is 5.68. The van der Waals surface area contributed by atoms with Crippen LogP contribution in [0, 0.1) is 11.8 Å². The highest BCUT2D eigenvalue weighted by atomic mass is 16.5. The maximum absolute atomic E-state index is 12.2. The molecule has 4 heterocycles. The lowest BCUT2D eigenvalue weighted by atomic mass is 9.73. The number of hydrogen-bond donors (Lipinski definition) is 1. The standard InChI is InChI=1S/C30H37N2O3/c33-30(24-10-4-1-5-11-24,25-12-6-2-7-13-25)29-31-20-27(35-29)21-32-18-16-23(17-19-32)28(22-32)34-26-14-8-3-9-15-26/h1,3-5,8-11,14-15,20,23,25,28,33H,2,6-7,12-13,16-19,21-22H2/q+1/t23?,28-,30+,32?/m1/s1. The Hall–Kier alpha value is -2.63. The van der Waals surface area contributed by atoms with Crippen molar-refractivity contribution in [3.05, 3.63) is 84.1 Å². The minimum absolute atomic E-state index is 0.131. The highest BCUT2D eigenvalue weighted by molar-refractivity contribution is 5.30. The van der Waals surface area contributed by atoms with Crippen LogP contribution in [0.15, 0.2) is 71.3 Å². The second-order valence-electron chi connectivity index (χ2n) is 11.0. The van der Waals surface area contributed by atoms with E-state index in [4.69, 9.17) is 14.1 Å². The van der Waals surface area contributed by atoms with Gasteiger partial charge < -0.3 is 18.7 Å². The molecule has 3 saturated heterocycles. The van der Waals surface area contributed by atoms with Crippen LogP contribution in [0.3, 0.4) is 0 Å². The number of hydrogen-bond acceptors (Lipinski definition) is 4. The first-order chi connectivity index (χ1) is 17.1. The lowest BCUT2D eigenvalue weighted by molar-refractivity contribution is -0.958. The number of rotatable bonds is 7. The van der Waals surface area contributed by atoms with Crippen LogP contribution in [0.2, 0.25) is 0 Å². The predicted molar refractivity (Wildman–Crippen MR) is 135 cm³/mol. The molecule has 1 N–H and O–H groups in total. The van der Waals surface area contributed by atoms with Gasteiger partial charge in [0.1, 0.15) is 18.8 Å². The van der Waals surface area contributed by atoms with Crippen LogP contribution in [-0.2, 0) is 12.1 Å². The monoisotopic (exact) mass is 473 g/mol. The van der Waals surface area contributed by atoms with Gasteiger partial charge in [-0.3, -0.25) is 0 Å². The van der Waals surface area contributed by atoms with Crippen LogP contribution < -0.4 is 4.74 Å². The van der Waals surface area contributed by atoms with Gasteiger partial charge in [0, 0.05) is 24.7 Å². The average molecular weight is 474 g/mol. The summed E-state index contributed by atoms with van der Waals surface area (Å²) in [4.78, 5) is 4.71. The molecule has 5 nitrogen and oxygen atoms in total. The van der Waals surface area contributed by atoms with Gasteiger partial charge in [0.05, 0.1) is 19.3 Å².